The molecule has 0 saturated carbocycles. The van der Waals surface area contributed by atoms with E-state index >= 15 is 0 Å². The van der Waals surface area contributed by atoms with Crippen molar-refractivity contribution >= 4 is 5.97 Å². The number of rotatable bonds is 6. The second-order valence-electron chi connectivity index (χ2n) is 4.62. The van der Waals surface area contributed by atoms with Crippen LogP contribution in [0.2, 0.25) is 0 Å². The molecule has 1 fully saturated rings. The van der Waals surface area contributed by atoms with Crippen LogP contribution in [-0.2, 0) is 16.0 Å². The number of carboxylic acids is 1. The van der Waals surface area contributed by atoms with Crippen LogP contribution in [-0.4, -0.2) is 48.3 Å². The van der Waals surface area contributed by atoms with Gasteiger partial charge in [-0.3, -0.25) is 9.69 Å². The lowest BCUT2D eigenvalue weighted by molar-refractivity contribution is -0.138. The molecule has 1 atom stereocenters. The summed E-state index contributed by atoms with van der Waals surface area (Å²) in [5, 5.41) is 8.96. The first kappa shape index (κ1) is 13.1. The Kier molecular flexibility index (Phi) is 4.73. The van der Waals surface area contributed by atoms with Gasteiger partial charge in [0.25, 0.3) is 0 Å². The average Bonchev–Trinajstić information content (AvgIpc) is 2.89. The van der Waals surface area contributed by atoms with Crippen molar-refractivity contribution in [3.63, 3.8) is 0 Å². The SMILES string of the molecule is O=C(O)CN(CCc1ccccc1)[C@H]1CCOC1. The van der Waals surface area contributed by atoms with Crippen molar-refractivity contribution in [3.8, 4) is 0 Å². The van der Waals surface area contributed by atoms with Gasteiger partial charge in [0, 0.05) is 19.2 Å². The second-order valence-corrected chi connectivity index (χ2v) is 4.62. The number of ether oxygens (including phenoxy) is 1. The van der Waals surface area contributed by atoms with E-state index in [2.05, 4.69) is 12.1 Å². The molecule has 1 saturated heterocycles. The minimum absolute atomic E-state index is 0.0981. The Morgan fingerprint density at radius 1 is 1.39 bits per heavy atom. The molecule has 0 spiro atoms. The Balaban J connectivity index is 1.90. The van der Waals surface area contributed by atoms with Crippen LogP contribution in [0.3, 0.4) is 0 Å². The van der Waals surface area contributed by atoms with Crippen LogP contribution < -0.4 is 0 Å². The zero-order valence-electron chi connectivity index (χ0n) is 10.4. The highest BCUT2D eigenvalue weighted by molar-refractivity contribution is 5.69. The molecule has 4 heteroatoms. The van der Waals surface area contributed by atoms with E-state index in [4.69, 9.17) is 9.84 Å². The highest BCUT2D eigenvalue weighted by Gasteiger charge is 2.24. The number of aliphatic carboxylic acids is 1. The van der Waals surface area contributed by atoms with E-state index in [1.54, 1.807) is 0 Å². The Bertz CT molecular complexity index is 374. The van der Waals surface area contributed by atoms with Crippen LogP contribution in [0.15, 0.2) is 30.3 Å². The number of hydrogen-bond donors (Lipinski definition) is 1. The number of benzene rings is 1. The summed E-state index contributed by atoms with van der Waals surface area (Å²) in [6.45, 7) is 2.26. The molecule has 0 amide bonds. The zero-order valence-corrected chi connectivity index (χ0v) is 10.4. The Morgan fingerprint density at radius 2 is 2.17 bits per heavy atom. The maximum absolute atomic E-state index is 10.9. The van der Waals surface area contributed by atoms with Gasteiger partial charge in [0.05, 0.1) is 13.2 Å². The van der Waals surface area contributed by atoms with Gasteiger partial charge in [-0.1, -0.05) is 30.3 Å². The lowest BCUT2D eigenvalue weighted by Gasteiger charge is -2.25. The molecule has 1 aliphatic heterocycles. The third-order valence-corrected chi connectivity index (χ3v) is 3.29. The van der Waals surface area contributed by atoms with E-state index < -0.39 is 5.97 Å². The van der Waals surface area contributed by atoms with Crippen LogP contribution in [0.5, 0.6) is 0 Å². The summed E-state index contributed by atoms with van der Waals surface area (Å²) < 4.78 is 5.34. The summed E-state index contributed by atoms with van der Waals surface area (Å²) in [5.41, 5.74) is 1.24. The first-order chi connectivity index (χ1) is 8.75. The molecule has 4 nitrogen and oxygen atoms in total. The lowest BCUT2D eigenvalue weighted by Crippen LogP contribution is -2.40. The summed E-state index contributed by atoms with van der Waals surface area (Å²) in [6, 6.07) is 10.4. The second kappa shape index (κ2) is 6.52. The predicted octanol–water partition coefficient (Wildman–Crippen LogP) is 1.40. The molecule has 1 heterocycles. The van der Waals surface area contributed by atoms with E-state index in [9.17, 15) is 4.79 Å². The third kappa shape index (κ3) is 3.82. The van der Waals surface area contributed by atoms with Crippen molar-refractivity contribution < 1.29 is 14.6 Å². The fourth-order valence-electron chi connectivity index (χ4n) is 2.29. The Labute approximate surface area is 107 Å². The molecular weight excluding hydrogens is 230 g/mol. The number of nitrogens with zero attached hydrogens (tertiary/aromatic N) is 1. The van der Waals surface area contributed by atoms with Crippen molar-refractivity contribution in [2.45, 2.75) is 18.9 Å². The molecule has 0 aromatic heterocycles. The monoisotopic (exact) mass is 249 g/mol. The quantitative estimate of drug-likeness (QED) is 0.828. The van der Waals surface area contributed by atoms with Gasteiger partial charge >= 0.3 is 5.97 Å². The molecule has 2 rings (SSSR count). The van der Waals surface area contributed by atoms with Crippen molar-refractivity contribution in [3.05, 3.63) is 35.9 Å². The minimum atomic E-state index is -0.769. The molecular formula is C14H19NO3. The van der Waals surface area contributed by atoms with Crippen molar-refractivity contribution in [2.75, 3.05) is 26.3 Å². The molecule has 0 radical (unpaired) electrons. The molecule has 0 unspecified atom stereocenters. The molecule has 0 bridgehead atoms. The van der Waals surface area contributed by atoms with Gasteiger partial charge in [0.2, 0.25) is 0 Å². The summed E-state index contributed by atoms with van der Waals surface area (Å²) >= 11 is 0. The van der Waals surface area contributed by atoms with Crippen molar-refractivity contribution in [1.82, 2.24) is 4.90 Å². The van der Waals surface area contributed by atoms with Gasteiger partial charge in [-0.25, -0.2) is 0 Å². The number of carboxylic acid groups (broad SMARTS) is 1. The maximum atomic E-state index is 10.9. The highest BCUT2D eigenvalue weighted by Crippen LogP contribution is 2.13. The molecule has 98 valence electrons. The first-order valence-electron chi connectivity index (χ1n) is 6.33. The number of carbonyl (C=O) groups is 1. The van der Waals surface area contributed by atoms with Gasteiger partial charge in [0.15, 0.2) is 0 Å². The van der Waals surface area contributed by atoms with Crippen LogP contribution in [0, 0.1) is 0 Å². The van der Waals surface area contributed by atoms with Gasteiger partial charge in [0.1, 0.15) is 0 Å². The molecule has 1 N–H and O–H groups in total. The number of hydrogen-bond acceptors (Lipinski definition) is 3. The predicted molar refractivity (Wildman–Crippen MR) is 68.6 cm³/mol. The Hall–Kier alpha value is -1.39. The Morgan fingerprint density at radius 3 is 2.78 bits per heavy atom. The summed E-state index contributed by atoms with van der Waals surface area (Å²) in [7, 11) is 0. The van der Waals surface area contributed by atoms with Crippen molar-refractivity contribution in [1.29, 1.82) is 0 Å². The highest BCUT2D eigenvalue weighted by atomic mass is 16.5. The van der Waals surface area contributed by atoms with Crippen molar-refractivity contribution in [2.24, 2.45) is 0 Å². The molecule has 1 aromatic rings. The van der Waals surface area contributed by atoms with Crippen LogP contribution >= 0.6 is 0 Å². The molecule has 1 aliphatic rings. The minimum Gasteiger partial charge on any atom is -0.480 e. The molecule has 1 aromatic carbocycles. The third-order valence-electron chi connectivity index (χ3n) is 3.29. The molecule has 18 heavy (non-hydrogen) atoms. The average molecular weight is 249 g/mol. The van der Waals surface area contributed by atoms with Crippen LogP contribution in [0.25, 0.3) is 0 Å². The summed E-state index contributed by atoms with van der Waals surface area (Å²) in [6.07, 6.45) is 1.81. The van der Waals surface area contributed by atoms with E-state index in [-0.39, 0.29) is 12.6 Å². The fourth-order valence-corrected chi connectivity index (χ4v) is 2.29. The normalized spacial score (nSPS) is 19.3. The zero-order chi connectivity index (χ0) is 12.8. The van der Waals surface area contributed by atoms with Gasteiger partial charge < -0.3 is 9.84 Å². The largest absolute Gasteiger partial charge is 0.480 e. The van der Waals surface area contributed by atoms with E-state index in [0.29, 0.717) is 6.61 Å². The maximum Gasteiger partial charge on any atom is 0.317 e. The van der Waals surface area contributed by atoms with Gasteiger partial charge in [-0.15, -0.1) is 0 Å². The first-order valence-corrected chi connectivity index (χ1v) is 6.33. The lowest BCUT2D eigenvalue weighted by atomic mass is 10.1. The standard InChI is InChI=1S/C14H19NO3/c16-14(17)10-15(13-7-9-18-11-13)8-6-12-4-2-1-3-5-12/h1-5,13H,6-11H2,(H,16,17)/t13-/m0/s1. The molecule has 0 aliphatic carbocycles. The van der Waals surface area contributed by atoms with Gasteiger partial charge in [-0.05, 0) is 18.4 Å². The topological polar surface area (TPSA) is 49.8 Å². The summed E-state index contributed by atoms with van der Waals surface area (Å²) in [4.78, 5) is 12.9. The van der Waals surface area contributed by atoms with Gasteiger partial charge in [-0.2, -0.15) is 0 Å². The smallest absolute Gasteiger partial charge is 0.317 e. The van der Waals surface area contributed by atoms with E-state index in [1.807, 2.05) is 23.1 Å². The fraction of sp³-hybridized carbons (Fsp3) is 0.500. The summed E-state index contributed by atoms with van der Waals surface area (Å²) in [5.74, 6) is -0.769. The van der Waals surface area contributed by atoms with E-state index in [0.717, 1.165) is 26.0 Å². The van der Waals surface area contributed by atoms with Crippen LogP contribution in [0.4, 0.5) is 0 Å². The van der Waals surface area contributed by atoms with E-state index in [1.165, 1.54) is 5.56 Å². The van der Waals surface area contributed by atoms with Crippen LogP contribution in [0.1, 0.15) is 12.0 Å².